The van der Waals surface area contributed by atoms with Crippen LogP contribution in [0.1, 0.15) is 40.5 Å². The second-order valence-electron chi connectivity index (χ2n) is 5.37. The molecule has 2 amide bonds. The van der Waals surface area contributed by atoms with Crippen LogP contribution in [0, 0.1) is 5.92 Å². The summed E-state index contributed by atoms with van der Waals surface area (Å²) in [5.74, 6) is 0.404. The molecule has 16 heavy (non-hydrogen) atoms. The third kappa shape index (κ3) is 3.04. The molecule has 0 aromatic rings. The van der Waals surface area contributed by atoms with E-state index in [0.717, 1.165) is 12.8 Å². The summed E-state index contributed by atoms with van der Waals surface area (Å²) in [6, 6.07) is 0. The van der Waals surface area contributed by atoms with Gasteiger partial charge in [-0.2, -0.15) is 0 Å². The van der Waals surface area contributed by atoms with Gasteiger partial charge < -0.3 is 0 Å². The van der Waals surface area contributed by atoms with Gasteiger partial charge in [0.1, 0.15) is 0 Å². The Hall–Kier alpha value is -0.900. The van der Waals surface area contributed by atoms with Crippen molar-refractivity contribution in [3.8, 4) is 0 Å². The van der Waals surface area contributed by atoms with E-state index >= 15 is 0 Å². The SMILES string of the molecule is CC(C)CCCN1C(=O)CNC(C)(C)C1=O. The minimum Gasteiger partial charge on any atom is -0.295 e. The topological polar surface area (TPSA) is 49.4 Å². The number of rotatable bonds is 4. The van der Waals surface area contributed by atoms with Crippen LogP contribution >= 0.6 is 0 Å². The Bertz CT molecular complexity index is 285. The first kappa shape index (κ1) is 13.2. The molecule has 1 rings (SSSR count). The molecule has 0 aromatic heterocycles. The Morgan fingerprint density at radius 2 is 2.00 bits per heavy atom. The average molecular weight is 226 g/mol. The number of nitrogens with one attached hydrogen (secondary N) is 1. The van der Waals surface area contributed by atoms with Crippen LogP contribution in [0.5, 0.6) is 0 Å². The van der Waals surface area contributed by atoms with Crippen molar-refractivity contribution in [1.29, 1.82) is 0 Å². The summed E-state index contributed by atoms with van der Waals surface area (Å²) in [6.45, 7) is 8.74. The molecule has 0 atom stereocenters. The molecule has 0 unspecified atom stereocenters. The van der Waals surface area contributed by atoms with Gasteiger partial charge in [0.2, 0.25) is 11.8 Å². The average Bonchev–Trinajstić information content (AvgIpc) is 2.18. The number of amides is 2. The summed E-state index contributed by atoms with van der Waals surface area (Å²) >= 11 is 0. The fourth-order valence-corrected chi connectivity index (χ4v) is 1.80. The Morgan fingerprint density at radius 3 is 2.56 bits per heavy atom. The van der Waals surface area contributed by atoms with Crippen molar-refractivity contribution in [3.05, 3.63) is 0 Å². The van der Waals surface area contributed by atoms with Crippen molar-refractivity contribution in [2.45, 2.75) is 46.1 Å². The highest BCUT2D eigenvalue weighted by Crippen LogP contribution is 2.14. The van der Waals surface area contributed by atoms with Gasteiger partial charge in [-0.05, 0) is 32.6 Å². The number of piperazine rings is 1. The molecule has 92 valence electrons. The molecule has 1 aliphatic rings. The normalized spacial score (nSPS) is 20.7. The van der Waals surface area contributed by atoms with E-state index in [1.807, 2.05) is 13.8 Å². The number of nitrogens with zero attached hydrogens (tertiary/aromatic N) is 1. The van der Waals surface area contributed by atoms with Crippen molar-refractivity contribution in [2.24, 2.45) is 5.92 Å². The molecule has 0 radical (unpaired) electrons. The fourth-order valence-electron chi connectivity index (χ4n) is 1.80. The third-order valence-corrected chi connectivity index (χ3v) is 2.93. The Kier molecular flexibility index (Phi) is 4.08. The highest BCUT2D eigenvalue weighted by atomic mass is 16.2. The molecule has 4 nitrogen and oxygen atoms in total. The van der Waals surface area contributed by atoms with Crippen LogP contribution in [0.2, 0.25) is 0 Å². The van der Waals surface area contributed by atoms with E-state index in [0.29, 0.717) is 12.5 Å². The first-order chi connectivity index (χ1) is 7.34. The first-order valence-corrected chi connectivity index (χ1v) is 5.94. The minimum atomic E-state index is -0.605. The van der Waals surface area contributed by atoms with Crippen molar-refractivity contribution >= 4 is 11.8 Å². The van der Waals surface area contributed by atoms with Crippen molar-refractivity contribution in [1.82, 2.24) is 10.2 Å². The number of carbonyl (C=O) groups excluding carboxylic acids is 2. The molecule has 0 aromatic carbocycles. The molecule has 1 heterocycles. The van der Waals surface area contributed by atoms with Crippen LogP contribution in [-0.4, -0.2) is 35.3 Å². The summed E-state index contributed by atoms with van der Waals surface area (Å²) in [5.41, 5.74) is -0.605. The maximum atomic E-state index is 12.0. The number of carbonyl (C=O) groups is 2. The highest BCUT2D eigenvalue weighted by Gasteiger charge is 2.39. The van der Waals surface area contributed by atoms with Crippen LogP contribution in [0.4, 0.5) is 0 Å². The molecule has 1 fully saturated rings. The lowest BCUT2D eigenvalue weighted by molar-refractivity contribution is -0.152. The second-order valence-corrected chi connectivity index (χ2v) is 5.37. The van der Waals surface area contributed by atoms with E-state index in [9.17, 15) is 9.59 Å². The standard InChI is InChI=1S/C12H22N2O2/c1-9(2)6-5-7-14-10(15)8-13-12(3,4)11(14)16/h9,13H,5-8H2,1-4H3. The second kappa shape index (κ2) is 4.95. The molecule has 0 saturated carbocycles. The molecule has 4 heteroatoms. The van der Waals surface area contributed by atoms with Gasteiger partial charge >= 0.3 is 0 Å². The lowest BCUT2D eigenvalue weighted by Gasteiger charge is -2.36. The summed E-state index contributed by atoms with van der Waals surface area (Å²) in [7, 11) is 0. The van der Waals surface area contributed by atoms with Gasteiger partial charge in [-0.1, -0.05) is 13.8 Å². The zero-order valence-electron chi connectivity index (χ0n) is 10.7. The van der Waals surface area contributed by atoms with E-state index in [4.69, 9.17) is 0 Å². The monoisotopic (exact) mass is 226 g/mol. The van der Waals surface area contributed by atoms with E-state index in [-0.39, 0.29) is 18.4 Å². The predicted octanol–water partition coefficient (Wildman–Crippen LogP) is 1.16. The van der Waals surface area contributed by atoms with Crippen LogP contribution in [0.15, 0.2) is 0 Å². The Morgan fingerprint density at radius 1 is 1.38 bits per heavy atom. The summed E-state index contributed by atoms with van der Waals surface area (Å²) in [4.78, 5) is 25.0. The quantitative estimate of drug-likeness (QED) is 0.732. The molecule has 1 aliphatic heterocycles. The lowest BCUT2D eigenvalue weighted by Crippen LogP contribution is -2.63. The van der Waals surface area contributed by atoms with Gasteiger partial charge in [0, 0.05) is 6.54 Å². The van der Waals surface area contributed by atoms with Crippen molar-refractivity contribution < 1.29 is 9.59 Å². The van der Waals surface area contributed by atoms with Crippen LogP contribution < -0.4 is 5.32 Å². The fraction of sp³-hybridized carbons (Fsp3) is 0.833. The molecule has 1 N–H and O–H groups in total. The number of hydrogen-bond donors (Lipinski definition) is 1. The largest absolute Gasteiger partial charge is 0.295 e. The summed E-state index contributed by atoms with van der Waals surface area (Å²) in [6.07, 6.45) is 1.94. The van der Waals surface area contributed by atoms with Gasteiger partial charge in [-0.3, -0.25) is 19.8 Å². The van der Waals surface area contributed by atoms with Gasteiger partial charge in [0.25, 0.3) is 0 Å². The maximum Gasteiger partial charge on any atom is 0.248 e. The van der Waals surface area contributed by atoms with Gasteiger partial charge in [0.15, 0.2) is 0 Å². The summed E-state index contributed by atoms with van der Waals surface area (Å²) in [5, 5.41) is 2.95. The van der Waals surface area contributed by atoms with Crippen LogP contribution in [0.25, 0.3) is 0 Å². The zero-order valence-corrected chi connectivity index (χ0v) is 10.7. The molecule has 0 aliphatic carbocycles. The van der Waals surface area contributed by atoms with Crippen molar-refractivity contribution in [3.63, 3.8) is 0 Å². The molecule has 0 bridgehead atoms. The molecular formula is C12H22N2O2. The van der Waals surface area contributed by atoms with E-state index in [1.54, 1.807) is 0 Å². The number of hydrogen-bond acceptors (Lipinski definition) is 3. The first-order valence-electron chi connectivity index (χ1n) is 5.94. The smallest absolute Gasteiger partial charge is 0.248 e. The zero-order chi connectivity index (χ0) is 12.3. The maximum absolute atomic E-state index is 12.0. The number of imide groups is 1. The highest BCUT2D eigenvalue weighted by molar-refractivity contribution is 6.02. The van der Waals surface area contributed by atoms with E-state index < -0.39 is 5.54 Å². The van der Waals surface area contributed by atoms with E-state index in [2.05, 4.69) is 19.2 Å². The van der Waals surface area contributed by atoms with Gasteiger partial charge in [-0.25, -0.2) is 0 Å². The Labute approximate surface area is 97.4 Å². The minimum absolute atomic E-state index is 0.104. The Balaban J connectivity index is 2.55. The van der Waals surface area contributed by atoms with Crippen molar-refractivity contribution in [2.75, 3.05) is 13.1 Å². The van der Waals surface area contributed by atoms with Crippen LogP contribution in [-0.2, 0) is 9.59 Å². The van der Waals surface area contributed by atoms with Gasteiger partial charge in [0.05, 0.1) is 12.1 Å². The molecule has 1 saturated heterocycles. The predicted molar refractivity (Wildman–Crippen MR) is 62.9 cm³/mol. The van der Waals surface area contributed by atoms with Gasteiger partial charge in [-0.15, -0.1) is 0 Å². The summed E-state index contributed by atoms with van der Waals surface area (Å²) < 4.78 is 0. The molecule has 0 spiro atoms. The lowest BCUT2D eigenvalue weighted by atomic mass is 10.00. The third-order valence-electron chi connectivity index (χ3n) is 2.93. The van der Waals surface area contributed by atoms with E-state index in [1.165, 1.54) is 4.90 Å². The molecular weight excluding hydrogens is 204 g/mol. The van der Waals surface area contributed by atoms with Crippen LogP contribution in [0.3, 0.4) is 0 Å².